The highest BCUT2D eigenvalue weighted by molar-refractivity contribution is 9.10. The van der Waals surface area contributed by atoms with E-state index in [1.165, 1.54) is 6.92 Å². The summed E-state index contributed by atoms with van der Waals surface area (Å²) < 4.78 is 14.4. The molecular formula is C14H12BrClFNO4S. The van der Waals surface area contributed by atoms with Crippen LogP contribution in [0.2, 0.25) is 5.02 Å². The molecule has 0 radical (unpaired) electrons. The second-order valence-electron chi connectivity index (χ2n) is 5.06. The lowest BCUT2D eigenvalue weighted by molar-refractivity contribution is -0.117. The summed E-state index contributed by atoms with van der Waals surface area (Å²) in [7, 11) is 0. The maximum atomic E-state index is 14.5. The molecule has 1 amide bonds. The first-order valence-electron chi connectivity index (χ1n) is 6.56. The average molecular weight is 425 g/mol. The van der Waals surface area contributed by atoms with Gasteiger partial charge in [-0.3, -0.25) is 9.59 Å². The fraction of sp³-hybridized carbons (Fsp3) is 0.357. The molecule has 2 rings (SSSR count). The van der Waals surface area contributed by atoms with Crippen molar-refractivity contribution in [2.75, 3.05) is 17.2 Å². The molecule has 1 atom stereocenters. The Bertz CT molecular complexity index is 700. The molecule has 0 aliphatic carbocycles. The highest BCUT2D eigenvalue weighted by Crippen LogP contribution is 2.38. The number of rotatable bonds is 4. The van der Waals surface area contributed by atoms with E-state index in [0.29, 0.717) is 5.75 Å². The van der Waals surface area contributed by atoms with Crippen LogP contribution in [0.4, 0.5) is 10.1 Å². The highest BCUT2D eigenvalue weighted by atomic mass is 79.9. The summed E-state index contributed by atoms with van der Waals surface area (Å²) in [6, 6.07) is 1.11. The molecule has 1 saturated heterocycles. The zero-order valence-corrected chi connectivity index (χ0v) is 15.1. The van der Waals surface area contributed by atoms with Crippen molar-refractivity contribution < 1.29 is 23.9 Å². The number of amides is 1. The number of hydrogen-bond acceptors (Lipinski definition) is 4. The Labute approximate surface area is 149 Å². The number of carbonyl (C=O) groups is 3. The smallest absolute Gasteiger partial charge is 0.337 e. The number of benzene rings is 1. The first-order chi connectivity index (χ1) is 10.7. The minimum absolute atomic E-state index is 0.0671. The maximum absolute atomic E-state index is 14.5. The summed E-state index contributed by atoms with van der Waals surface area (Å²) in [6.45, 7) is 1.59. The number of aromatic carboxylic acids is 1. The summed E-state index contributed by atoms with van der Waals surface area (Å²) in [5.41, 5.74) is -0.668. The monoisotopic (exact) mass is 423 g/mol. The Balaban J connectivity index is 2.38. The Morgan fingerprint density at radius 3 is 2.78 bits per heavy atom. The number of carboxylic acids is 1. The van der Waals surface area contributed by atoms with Crippen molar-refractivity contribution >= 4 is 62.0 Å². The van der Waals surface area contributed by atoms with Gasteiger partial charge >= 0.3 is 5.97 Å². The van der Waals surface area contributed by atoms with Crippen molar-refractivity contribution in [1.29, 1.82) is 0 Å². The van der Waals surface area contributed by atoms with E-state index in [1.54, 1.807) is 0 Å². The molecule has 9 heteroatoms. The lowest BCUT2D eigenvalue weighted by Gasteiger charge is -2.21. The number of carbonyl (C=O) groups excluding carboxylic acids is 2. The Morgan fingerprint density at radius 1 is 1.57 bits per heavy atom. The fourth-order valence-electron chi connectivity index (χ4n) is 2.36. The molecule has 1 aliphatic heterocycles. The van der Waals surface area contributed by atoms with Gasteiger partial charge in [-0.2, -0.15) is 0 Å². The third-order valence-electron chi connectivity index (χ3n) is 3.36. The topological polar surface area (TPSA) is 74.7 Å². The van der Waals surface area contributed by atoms with Gasteiger partial charge in [-0.25, -0.2) is 9.18 Å². The molecule has 124 valence electrons. The van der Waals surface area contributed by atoms with Crippen molar-refractivity contribution in [3.8, 4) is 0 Å². The molecule has 5 nitrogen and oxygen atoms in total. The Kier molecular flexibility index (Phi) is 5.70. The highest BCUT2D eigenvalue weighted by Gasteiger charge is 2.35. The van der Waals surface area contributed by atoms with Gasteiger partial charge in [0.2, 0.25) is 5.91 Å². The molecule has 0 saturated carbocycles. The van der Waals surface area contributed by atoms with Gasteiger partial charge in [0.1, 0.15) is 0 Å². The Morgan fingerprint density at radius 2 is 2.22 bits per heavy atom. The van der Waals surface area contributed by atoms with E-state index < -0.39 is 11.8 Å². The molecule has 23 heavy (non-hydrogen) atoms. The van der Waals surface area contributed by atoms with Gasteiger partial charge in [0.05, 0.1) is 20.7 Å². The quantitative estimate of drug-likeness (QED) is 0.748. The van der Waals surface area contributed by atoms with E-state index in [4.69, 9.17) is 11.6 Å². The Hall–Kier alpha value is -1.12. The van der Waals surface area contributed by atoms with Crippen LogP contribution in [-0.4, -0.2) is 34.4 Å². The summed E-state index contributed by atoms with van der Waals surface area (Å²) >= 11 is 9.85. The molecule has 0 bridgehead atoms. The van der Waals surface area contributed by atoms with Crippen LogP contribution < -0.4 is 4.90 Å². The van der Waals surface area contributed by atoms with E-state index in [1.807, 2.05) is 0 Å². The molecular weight excluding hydrogens is 413 g/mol. The number of halogens is 3. The first kappa shape index (κ1) is 18.2. The average Bonchev–Trinajstić information content (AvgIpc) is 2.83. The fourth-order valence-corrected chi connectivity index (χ4v) is 3.54. The van der Waals surface area contributed by atoms with Crippen molar-refractivity contribution in [2.24, 2.45) is 5.92 Å². The molecule has 1 aliphatic rings. The minimum Gasteiger partial charge on any atom is -0.478 e. The molecule has 1 aromatic carbocycles. The maximum Gasteiger partial charge on any atom is 0.337 e. The number of anilines is 1. The van der Waals surface area contributed by atoms with Crippen molar-refractivity contribution in [1.82, 2.24) is 0 Å². The predicted octanol–water partition coefficient (Wildman–Crippen LogP) is 3.57. The van der Waals surface area contributed by atoms with Crippen molar-refractivity contribution in [3.05, 3.63) is 26.9 Å². The van der Waals surface area contributed by atoms with Gasteiger partial charge < -0.3 is 10.0 Å². The minimum atomic E-state index is -1.37. The van der Waals surface area contributed by atoms with Gasteiger partial charge in [-0.05, 0) is 27.9 Å². The van der Waals surface area contributed by atoms with Gasteiger partial charge in [-0.15, -0.1) is 0 Å². The van der Waals surface area contributed by atoms with E-state index in [9.17, 15) is 23.9 Å². The van der Waals surface area contributed by atoms with E-state index in [0.717, 1.165) is 22.7 Å². The van der Waals surface area contributed by atoms with Crippen molar-refractivity contribution in [2.45, 2.75) is 13.3 Å². The van der Waals surface area contributed by atoms with Gasteiger partial charge in [0.25, 0.3) is 0 Å². The molecule has 1 heterocycles. The van der Waals surface area contributed by atoms with Crippen LogP contribution in [0.3, 0.4) is 0 Å². The van der Waals surface area contributed by atoms with E-state index in [-0.39, 0.29) is 50.7 Å². The number of nitrogens with zero attached hydrogens (tertiary/aromatic N) is 1. The molecule has 1 unspecified atom stereocenters. The van der Waals surface area contributed by atoms with Crippen molar-refractivity contribution in [3.63, 3.8) is 0 Å². The number of carboxylic acid groups (broad SMARTS) is 1. The predicted molar refractivity (Wildman–Crippen MR) is 89.7 cm³/mol. The lowest BCUT2D eigenvalue weighted by Crippen LogP contribution is -2.28. The van der Waals surface area contributed by atoms with Gasteiger partial charge in [-0.1, -0.05) is 23.4 Å². The van der Waals surface area contributed by atoms with E-state index >= 15 is 0 Å². The number of hydrogen-bond donors (Lipinski definition) is 1. The molecule has 0 aromatic heterocycles. The van der Waals surface area contributed by atoms with Crippen LogP contribution in [0.25, 0.3) is 0 Å². The number of thioether (sulfide) groups is 1. The zero-order valence-electron chi connectivity index (χ0n) is 11.9. The van der Waals surface area contributed by atoms with Crippen LogP contribution in [0.15, 0.2) is 10.5 Å². The van der Waals surface area contributed by atoms with E-state index in [2.05, 4.69) is 15.9 Å². The summed E-state index contributed by atoms with van der Waals surface area (Å²) in [4.78, 5) is 35.7. The van der Waals surface area contributed by atoms with Crippen LogP contribution in [0.5, 0.6) is 0 Å². The van der Waals surface area contributed by atoms with Crippen LogP contribution in [0, 0.1) is 11.7 Å². The second-order valence-corrected chi connectivity index (χ2v) is 7.46. The summed E-state index contributed by atoms with van der Waals surface area (Å²) in [6.07, 6.45) is 0.138. The largest absolute Gasteiger partial charge is 0.478 e. The summed E-state index contributed by atoms with van der Waals surface area (Å²) in [5.74, 6) is -2.36. The lowest BCUT2D eigenvalue weighted by atomic mass is 10.1. The van der Waals surface area contributed by atoms with Crippen LogP contribution >= 0.6 is 39.3 Å². The summed E-state index contributed by atoms with van der Waals surface area (Å²) in [5, 5.41) is 9.12. The first-order valence-corrected chi connectivity index (χ1v) is 8.72. The third kappa shape index (κ3) is 3.87. The standard InChI is InChI=1S/C14H12BrClFNO4S/c1-6(19)23-5-7-2-10(20)18(4-7)13-8(14(21)22)3-9(16)11(15)12(13)17/h3,7H,2,4-5H2,1H3,(H,21,22). The normalized spacial score (nSPS) is 17.7. The molecule has 1 N–H and O–H groups in total. The van der Waals surface area contributed by atoms with Crippen LogP contribution in [0.1, 0.15) is 23.7 Å². The SMILES string of the molecule is CC(=O)SCC1CC(=O)N(c2c(C(=O)O)cc(Cl)c(Br)c2F)C1. The third-order valence-corrected chi connectivity index (χ3v) is 5.71. The molecule has 0 spiro atoms. The van der Waals surface area contributed by atoms with Crippen LogP contribution in [-0.2, 0) is 9.59 Å². The van der Waals surface area contributed by atoms with Gasteiger partial charge in [0.15, 0.2) is 10.9 Å². The molecule has 1 aromatic rings. The molecule has 1 fully saturated rings. The van der Waals surface area contributed by atoms with Gasteiger partial charge in [0, 0.05) is 25.6 Å². The zero-order chi connectivity index (χ0) is 17.3. The second kappa shape index (κ2) is 7.19.